The molecule has 1 aliphatic rings. The Morgan fingerprint density at radius 1 is 1.31 bits per heavy atom. The molecule has 1 heterocycles. The fraction of sp³-hybridized carbons (Fsp3) is 0.571. The van der Waals surface area contributed by atoms with Crippen LogP contribution in [0.25, 0.3) is 0 Å². The van der Waals surface area contributed by atoms with Crippen molar-refractivity contribution in [3.05, 3.63) is 29.8 Å². The predicted molar refractivity (Wildman–Crippen MR) is 74.4 cm³/mol. The van der Waals surface area contributed by atoms with Crippen molar-refractivity contribution in [2.24, 2.45) is 0 Å². The second kappa shape index (κ2) is 5.62. The molecular weight excluding hydrogens is 214 g/mol. The highest BCUT2D eigenvalue weighted by Crippen LogP contribution is 2.28. The highest BCUT2D eigenvalue weighted by atomic mass is 32.2. The van der Waals surface area contributed by atoms with E-state index in [1.165, 1.54) is 36.3 Å². The van der Waals surface area contributed by atoms with Gasteiger partial charge in [-0.1, -0.05) is 32.4 Å². The van der Waals surface area contributed by atoms with Crippen LogP contribution in [0.4, 0.5) is 5.69 Å². The van der Waals surface area contributed by atoms with E-state index in [1.807, 2.05) is 0 Å². The van der Waals surface area contributed by atoms with E-state index >= 15 is 0 Å². The summed E-state index contributed by atoms with van der Waals surface area (Å²) < 4.78 is 0. The number of hydrogen-bond acceptors (Lipinski definition) is 2. The largest absolute Gasteiger partial charge is 0.381 e. The smallest absolute Gasteiger partial charge is 0.0385 e. The molecule has 88 valence electrons. The number of benzene rings is 1. The third-order valence-corrected chi connectivity index (χ3v) is 4.55. The van der Waals surface area contributed by atoms with Crippen LogP contribution in [0.5, 0.6) is 0 Å². The molecule has 1 fully saturated rings. The highest BCUT2D eigenvalue weighted by Gasteiger charge is 2.23. The van der Waals surface area contributed by atoms with E-state index in [0.717, 1.165) is 5.25 Å². The Hall–Kier alpha value is -0.630. The van der Waals surface area contributed by atoms with Crippen molar-refractivity contribution in [2.75, 3.05) is 11.1 Å². The fourth-order valence-corrected chi connectivity index (χ4v) is 3.39. The molecule has 1 saturated heterocycles. The van der Waals surface area contributed by atoms with Gasteiger partial charge in [-0.2, -0.15) is 11.8 Å². The van der Waals surface area contributed by atoms with E-state index in [-0.39, 0.29) is 0 Å². The lowest BCUT2D eigenvalue weighted by molar-refractivity contribution is 0.724. The van der Waals surface area contributed by atoms with E-state index in [2.05, 4.69) is 55.2 Å². The summed E-state index contributed by atoms with van der Waals surface area (Å²) in [4.78, 5) is 0. The average molecular weight is 235 g/mol. The molecule has 2 atom stereocenters. The lowest BCUT2D eigenvalue weighted by atomic mass is 10.1. The van der Waals surface area contributed by atoms with Gasteiger partial charge in [-0.15, -0.1) is 0 Å². The molecule has 1 aromatic rings. The van der Waals surface area contributed by atoms with Crippen LogP contribution in [0.3, 0.4) is 0 Å². The standard InChI is InChI=1S/C14H21NS/c1-3-4-12-5-7-13(8-6-12)15-14-9-10-16-11(14)2/h5-8,11,14-15H,3-4,9-10H2,1-2H3. The molecule has 2 heteroatoms. The Balaban J connectivity index is 1.94. The summed E-state index contributed by atoms with van der Waals surface area (Å²) >= 11 is 2.07. The van der Waals surface area contributed by atoms with Crippen molar-refractivity contribution in [3.63, 3.8) is 0 Å². The lowest BCUT2D eigenvalue weighted by Gasteiger charge is -2.18. The van der Waals surface area contributed by atoms with Gasteiger partial charge in [-0.05, 0) is 36.3 Å². The van der Waals surface area contributed by atoms with E-state index in [4.69, 9.17) is 0 Å². The molecular formula is C14H21NS. The first kappa shape index (κ1) is 11.8. The first-order valence-electron chi connectivity index (χ1n) is 6.26. The van der Waals surface area contributed by atoms with Crippen molar-refractivity contribution in [1.29, 1.82) is 0 Å². The summed E-state index contributed by atoms with van der Waals surface area (Å²) in [5.41, 5.74) is 2.72. The molecule has 0 spiro atoms. The van der Waals surface area contributed by atoms with E-state index < -0.39 is 0 Å². The molecule has 16 heavy (non-hydrogen) atoms. The van der Waals surface area contributed by atoms with Gasteiger partial charge in [0.1, 0.15) is 0 Å². The first-order chi connectivity index (χ1) is 7.79. The summed E-state index contributed by atoms with van der Waals surface area (Å²) in [5.74, 6) is 1.30. The summed E-state index contributed by atoms with van der Waals surface area (Å²) in [6.45, 7) is 4.55. The van der Waals surface area contributed by atoms with Crippen molar-refractivity contribution in [1.82, 2.24) is 0 Å². The Bertz CT molecular complexity index is 320. The molecule has 1 aliphatic heterocycles. The summed E-state index contributed by atoms with van der Waals surface area (Å²) in [6.07, 6.45) is 3.71. The minimum Gasteiger partial charge on any atom is -0.381 e. The summed E-state index contributed by atoms with van der Waals surface area (Å²) in [7, 11) is 0. The molecule has 2 rings (SSSR count). The van der Waals surface area contributed by atoms with Gasteiger partial charge in [0, 0.05) is 17.0 Å². The maximum atomic E-state index is 3.64. The molecule has 0 saturated carbocycles. The molecule has 0 radical (unpaired) electrons. The van der Waals surface area contributed by atoms with Crippen LogP contribution in [0, 0.1) is 0 Å². The fourth-order valence-electron chi connectivity index (χ4n) is 2.19. The third kappa shape index (κ3) is 2.94. The van der Waals surface area contributed by atoms with E-state index in [9.17, 15) is 0 Å². The minimum absolute atomic E-state index is 0.655. The Kier molecular flexibility index (Phi) is 4.16. The van der Waals surface area contributed by atoms with Gasteiger partial charge in [-0.3, -0.25) is 0 Å². The zero-order chi connectivity index (χ0) is 11.4. The van der Waals surface area contributed by atoms with Crippen LogP contribution in [0.15, 0.2) is 24.3 Å². The van der Waals surface area contributed by atoms with E-state index in [0.29, 0.717) is 6.04 Å². The molecule has 1 aromatic carbocycles. The highest BCUT2D eigenvalue weighted by molar-refractivity contribution is 8.00. The van der Waals surface area contributed by atoms with Crippen LogP contribution < -0.4 is 5.32 Å². The summed E-state index contributed by atoms with van der Waals surface area (Å²) in [6, 6.07) is 9.60. The molecule has 0 aliphatic carbocycles. The maximum Gasteiger partial charge on any atom is 0.0385 e. The first-order valence-corrected chi connectivity index (χ1v) is 7.31. The second-order valence-electron chi connectivity index (χ2n) is 4.56. The van der Waals surface area contributed by atoms with Crippen molar-refractivity contribution < 1.29 is 0 Å². The minimum atomic E-state index is 0.655. The van der Waals surface area contributed by atoms with Crippen LogP contribution in [-0.4, -0.2) is 17.0 Å². The van der Waals surface area contributed by atoms with Gasteiger partial charge in [-0.25, -0.2) is 0 Å². The van der Waals surface area contributed by atoms with Crippen molar-refractivity contribution in [2.45, 2.75) is 44.4 Å². The van der Waals surface area contributed by atoms with Gasteiger partial charge in [0.2, 0.25) is 0 Å². The number of anilines is 1. The lowest BCUT2D eigenvalue weighted by Crippen LogP contribution is -2.24. The van der Waals surface area contributed by atoms with Gasteiger partial charge in [0.25, 0.3) is 0 Å². The monoisotopic (exact) mass is 235 g/mol. The number of aryl methyl sites for hydroxylation is 1. The molecule has 2 unspecified atom stereocenters. The topological polar surface area (TPSA) is 12.0 Å². The third-order valence-electron chi connectivity index (χ3n) is 3.22. The Morgan fingerprint density at radius 2 is 2.06 bits per heavy atom. The van der Waals surface area contributed by atoms with Gasteiger partial charge in [0.15, 0.2) is 0 Å². The van der Waals surface area contributed by atoms with Crippen LogP contribution in [-0.2, 0) is 6.42 Å². The summed E-state index contributed by atoms with van der Waals surface area (Å²) in [5, 5.41) is 4.38. The average Bonchev–Trinajstić information content (AvgIpc) is 2.68. The zero-order valence-corrected chi connectivity index (χ0v) is 11.0. The molecule has 1 nitrogen and oxygen atoms in total. The molecule has 0 amide bonds. The normalized spacial score (nSPS) is 24.6. The zero-order valence-electron chi connectivity index (χ0n) is 10.2. The number of hydrogen-bond donors (Lipinski definition) is 1. The maximum absolute atomic E-state index is 3.64. The van der Waals surface area contributed by atoms with Crippen LogP contribution >= 0.6 is 11.8 Å². The predicted octanol–water partition coefficient (Wildman–Crippen LogP) is 3.95. The number of rotatable bonds is 4. The van der Waals surface area contributed by atoms with Gasteiger partial charge < -0.3 is 5.32 Å². The van der Waals surface area contributed by atoms with Crippen LogP contribution in [0.1, 0.15) is 32.3 Å². The molecule has 0 aromatic heterocycles. The van der Waals surface area contributed by atoms with Crippen molar-refractivity contribution in [3.8, 4) is 0 Å². The molecule has 1 N–H and O–H groups in total. The Labute approximate surface area is 103 Å². The quantitative estimate of drug-likeness (QED) is 0.848. The Morgan fingerprint density at radius 3 is 2.62 bits per heavy atom. The number of nitrogens with one attached hydrogen (secondary N) is 1. The number of thioether (sulfide) groups is 1. The van der Waals surface area contributed by atoms with Crippen LogP contribution in [0.2, 0.25) is 0 Å². The SMILES string of the molecule is CCCc1ccc(NC2CCSC2C)cc1. The van der Waals surface area contributed by atoms with Gasteiger partial charge >= 0.3 is 0 Å². The van der Waals surface area contributed by atoms with E-state index in [1.54, 1.807) is 0 Å². The van der Waals surface area contributed by atoms with Gasteiger partial charge in [0.05, 0.1) is 0 Å². The second-order valence-corrected chi connectivity index (χ2v) is 6.05. The molecule has 0 bridgehead atoms. The van der Waals surface area contributed by atoms with Crippen molar-refractivity contribution >= 4 is 17.4 Å².